The molecule has 0 amide bonds. The van der Waals surface area contributed by atoms with Crippen LogP contribution in [-0.2, 0) is 11.2 Å². The maximum atomic E-state index is 6.31. The summed E-state index contributed by atoms with van der Waals surface area (Å²) in [5.74, 6) is 2.27. The van der Waals surface area contributed by atoms with Gasteiger partial charge in [-0.2, -0.15) is 0 Å². The fourth-order valence-electron chi connectivity index (χ4n) is 4.37. The van der Waals surface area contributed by atoms with Gasteiger partial charge in [0.1, 0.15) is 11.5 Å². The summed E-state index contributed by atoms with van der Waals surface area (Å²) in [6.07, 6.45) is 3.76. The molecule has 1 aromatic rings. The third-order valence-electron chi connectivity index (χ3n) is 5.70. The second-order valence-electron chi connectivity index (χ2n) is 7.21. The molecule has 2 aliphatic heterocycles. The number of benzene rings is 1. The predicted octanol–water partition coefficient (Wildman–Crippen LogP) is 3.84. The Hall–Kier alpha value is -1.22. The van der Waals surface area contributed by atoms with Gasteiger partial charge in [0, 0.05) is 6.07 Å². The molecule has 3 nitrogen and oxygen atoms in total. The normalized spacial score (nSPS) is 33.2. The Kier molecular flexibility index (Phi) is 3.44. The molecule has 0 spiro atoms. The first-order valence-electron chi connectivity index (χ1n) is 7.79. The number of ether oxygens (including phenoxy) is 3. The van der Waals surface area contributed by atoms with Crippen molar-refractivity contribution in [3.63, 3.8) is 0 Å². The Bertz CT molecular complexity index is 533. The summed E-state index contributed by atoms with van der Waals surface area (Å²) in [7, 11) is 3.41. The van der Waals surface area contributed by atoms with Crippen LogP contribution in [0.2, 0.25) is 0 Å². The van der Waals surface area contributed by atoms with Crippen LogP contribution in [0.5, 0.6) is 11.5 Å². The molecule has 2 aliphatic rings. The van der Waals surface area contributed by atoms with E-state index < -0.39 is 0 Å². The van der Waals surface area contributed by atoms with Gasteiger partial charge in [-0.1, -0.05) is 19.9 Å². The summed E-state index contributed by atoms with van der Waals surface area (Å²) in [5.41, 5.74) is 1.48. The van der Waals surface area contributed by atoms with Crippen LogP contribution >= 0.6 is 0 Å². The highest BCUT2D eigenvalue weighted by molar-refractivity contribution is 5.41. The summed E-state index contributed by atoms with van der Waals surface area (Å²) >= 11 is 0. The number of fused-ring (bicyclic) bond motifs is 2. The molecule has 0 aliphatic carbocycles. The van der Waals surface area contributed by atoms with Crippen molar-refractivity contribution in [3.05, 3.63) is 23.8 Å². The van der Waals surface area contributed by atoms with Crippen molar-refractivity contribution in [3.8, 4) is 11.5 Å². The van der Waals surface area contributed by atoms with Crippen LogP contribution in [-0.4, -0.2) is 25.9 Å². The molecule has 116 valence electrons. The average molecular weight is 290 g/mol. The van der Waals surface area contributed by atoms with Crippen molar-refractivity contribution in [1.82, 2.24) is 0 Å². The average Bonchev–Trinajstić information content (AvgIpc) is 2.94. The maximum Gasteiger partial charge on any atom is 0.125 e. The van der Waals surface area contributed by atoms with Crippen LogP contribution in [0.15, 0.2) is 18.2 Å². The van der Waals surface area contributed by atoms with E-state index in [-0.39, 0.29) is 11.0 Å². The minimum atomic E-state index is 0.0130. The maximum absolute atomic E-state index is 6.31. The first kappa shape index (κ1) is 14.7. The van der Waals surface area contributed by atoms with E-state index in [1.165, 1.54) is 18.4 Å². The molecule has 0 N–H and O–H groups in total. The van der Waals surface area contributed by atoms with Crippen LogP contribution in [0.25, 0.3) is 0 Å². The predicted molar refractivity (Wildman–Crippen MR) is 83.0 cm³/mol. The highest BCUT2D eigenvalue weighted by Gasteiger charge is 2.60. The van der Waals surface area contributed by atoms with Crippen LogP contribution in [0.4, 0.5) is 0 Å². The van der Waals surface area contributed by atoms with Gasteiger partial charge in [-0.25, -0.2) is 0 Å². The largest absolute Gasteiger partial charge is 0.497 e. The second-order valence-corrected chi connectivity index (χ2v) is 7.21. The van der Waals surface area contributed by atoms with E-state index in [9.17, 15) is 0 Å². The van der Waals surface area contributed by atoms with Crippen LogP contribution in [0.3, 0.4) is 0 Å². The second kappa shape index (κ2) is 4.91. The number of methoxy groups -OCH3 is 2. The molecule has 21 heavy (non-hydrogen) atoms. The molecular weight excluding hydrogens is 264 g/mol. The highest BCUT2D eigenvalue weighted by atomic mass is 16.5. The van der Waals surface area contributed by atoms with E-state index in [0.717, 1.165) is 17.9 Å². The Labute approximate surface area is 127 Å². The number of rotatable bonds is 4. The van der Waals surface area contributed by atoms with E-state index in [4.69, 9.17) is 14.2 Å². The lowest BCUT2D eigenvalue weighted by Crippen LogP contribution is -2.41. The SMILES string of the molecule is COc1ccc(C[C@@H]2C(C)(C)[C@H]3CC[C@]2(C)O3)c(OC)c1. The van der Waals surface area contributed by atoms with Gasteiger partial charge in [0.2, 0.25) is 0 Å². The minimum Gasteiger partial charge on any atom is -0.497 e. The first-order chi connectivity index (χ1) is 9.90. The molecule has 2 fully saturated rings. The molecule has 0 unspecified atom stereocenters. The molecule has 3 atom stereocenters. The molecule has 0 aromatic heterocycles. The van der Waals surface area contributed by atoms with Gasteiger partial charge >= 0.3 is 0 Å². The highest BCUT2D eigenvalue weighted by Crippen LogP contribution is 2.58. The molecule has 0 saturated carbocycles. The van der Waals surface area contributed by atoms with Gasteiger partial charge in [0.15, 0.2) is 0 Å². The van der Waals surface area contributed by atoms with E-state index in [2.05, 4.69) is 26.8 Å². The molecule has 3 rings (SSSR count). The molecule has 2 bridgehead atoms. The summed E-state index contributed by atoms with van der Waals surface area (Å²) in [6, 6.07) is 6.11. The van der Waals surface area contributed by atoms with Crippen molar-refractivity contribution in [1.29, 1.82) is 0 Å². The Morgan fingerprint density at radius 2 is 1.95 bits per heavy atom. The summed E-state index contributed by atoms with van der Waals surface area (Å²) < 4.78 is 17.2. The van der Waals surface area contributed by atoms with E-state index in [0.29, 0.717) is 12.0 Å². The van der Waals surface area contributed by atoms with Gasteiger partial charge in [-0.3, -0.25) is 0 Å². The Morgan fingerprint density at radius 1 is 1.19 bits per heavy atom. The van der Waals surface area contributed by atoms with Gasteiger partial charge in [0.25, 0.3) is 0 Å². The molecule has 2 heterocycles. The summed E-state index contributed by atoms with van der Waals surface area (Å²) in [6.45, 7) is 6.98. The van der Waals surface area contributed by atoms with E-state index in [1.807, 2.05) is 12.1 Å². The van der Waals surface area contributed by atoms with Crippen LogP contribution < -0.4 is 9.47 Å². The summed E-state index contributed by atoms with van der Waals surface area (Å²) in [4.78, 5) is 0. The molecule has 3 heteroatoms. The standard InChI is InChI=1S/C18H26O3/c1-17(2)15(18(3)9-8-16(17)21-18)10-12-6-7-13(19-4)11-14(12)20-5/h6-7,11,15-16H,8-10H2,1-5H3/t15-,16-,18+/m1/s1. The van der Waals surface area contributed by atoms with Gasteiger partial charge in [-0.15, -0.1) is 0 Å². The van der Waals surface area contributed by atoms with Crippen molar-refractivity contribution >= 4 is 0 Å². The molecule has 0 radical (unpaired) electrons. The van der Waals surface area contributed by atoms with Gasteiger partial charge in [0.05, 0.1) is 25.9 Å². The molecular formula is C18H26O3. The van der Waals surface area contributed by atoms with Gasteiger partial charge in [-0.05, 0) is 49.1 Å². The van der Waals surface area contributed by atoms with Gasteiger partial charge < -0.3 is 14.2 Å². The molecule has 2 saturated heterocycles. The monoisotopic (exact) mass is 290 g/mol. The fourth-order valence-corrected chi connectivity index (χ4v) is 4.37. The third kappa shape index (κ3) is 2.22. The lowest BCUT2D eigenvalue weighted by molar-refractivity contribution is 0.00594. The quantitative estimate of drug-likeness (QED) is 0.843. The topological polar surface area (TPSA) is 27.7 Å². The number of hydrogen-bond donors (Lipinski definition) is 0. The van der Waals surface area contributed by atoms with Crippen molar-refractivity contribution in [2.24, 2.45) is 11.3 Å². The lowest BCUT2D eigenvalue weighted by atomic mass is 9.62. The lowest BCUT2D eigenvalue weighted by Gasteiger charge is -2.39. The first-order valence-corrected chi connectivity index (χ1v) is 7.79. The van der Waals surface area contributed by atoms with Crippen molar-refractivity contribution in [2.75, 3.05) is 14.2 Å². The smallest absolute Gasteiger partial charge is 0.125 e. The van der Waals surface area contributed by atoms with E-state index in [1.54, 1.807) is 14.2 Å². The fraction of sp³-hybridized carbons (Fsp3) is 0.667. The minimum absolute atomic E-state index is 0.0130. The zero-order chi connectivity index (χ0) is 15.3. The number of hydrogen-bond acceptors (Lipinski definition) is 3. The zero-order valence-corrected chi connectivity index (χ0v) is 13.7. The molecule has 1 aromatic carbocycles. The van der Waals surface area contributed by atoms with Crippen LogP contribution in [0.1, 0.15) is 39.2 Å². The summed E-state index contributed by atoms with van der Waals surface area (Å²) in [5, 5.41) is 0. The van der Waals surface area contributed by atoms with Crippen molar-refractivity contribution < 1.29 is 14.2 Å². The zero-order valence-electron chi connectivity index (χ0n) is 13.7. The van der Waals surface area contributed by atoms with Crippen molar-refractivity contribution in [2.45, 2.75) is 51.7 Å². The Morgan fingerprint density at radius 3 is 2.52 bits per heavy atom. The van der Waals surface area contributed by atoms with Crippen LogP contribution in [0, 0.1) is 11.3 Å². The Balaban J connectivity index is 1.90. The van der Waals surface area contributed by atoms with E-state index >= 15 is 0 Å². The third-order valence-corrected chi connectivity index (χ3v) is 5.70.